The first-order chi connectivity index (χ1) is 10.9. The number of hydrogen-bond donors (Lipinski definition) is 2. The fourth-order valence-electron chi connectivity index (χ4n) is 3.14. The van der Waals surface area contributed by atoms with Crippen molar-refractivity contribution in [3.05, 3.63) is 11.8 Å². The lowest BCUT2D eigenvalue weighted by Crippen LogP contribution is -2.26. The summed E-state index contributed by atoms with van der Waals surface area (Å²) in [5.74, 6) is 2.00. The number of aliphatic hydroxyl groups excluding tert-OH is 1. The van der Waals surface area contributed by atoms with Crippen LogP contribution in [-0.2, 0) is 4.74 Å². The van der Waals surface area contributed by atoms with Crippen LogP contribution >= 0.6 is 0 Å². The average molecular weight is 306 g/mol. The highest BCUT2D eigenvalue weighted by atomic mass is 16.5. The standard InChI is InChI=1S/C16H26N4O2/c21-9-6-17-16-18-14(13-5-10-22-12-13)11-15(19-16)20-7-3-1-2-4-8-20/h11,13,21H,1-10,12H2,(H,17,18,19). The van der Waals surface area contributed by atoms with Gasteiger partial charge in [-0.05, 0) is 19.3 Å². The predicted octanol–water partition coefficient (Wildman–Crippen LogP) is 1.77. The molecule has 2 saturated heterocycles. The van der Waals surface area contributed by atoms with Gasteiger partial charge in [0.05, 0.1) is 18.9 Å². The molecular formula is C16H26N4O2. The molecule has 1 unspecified atom stereocenters. The maximum Gasteiger partial charge on any atom is 0.224 e. The third kappa shape index (κ3) is 3.87. The van der Waals surface area contributed by atoms with E-state index in [1.54, 1.807) is 0 Å². The number of nitrogens with one attached hydrogen (secondary N) is 1. The minimum Gasteiger partial charge on any atom is -0.395 e. The van der Waals surface area contributed by atoms with Gasteiger partial charge < -0.3 is 20.1 Å². The molecule has 0 spiro atoms. The Bertz CT molecular complexity index is 469. The van der Waals surface area contributed by atoms with Gasteiger partial charge in [0, 0.05) is 38.2 Å². The summed E-state index contributed by atoms with van der Waals surface area (Å²) in [6.07, 6.45) is 6.09. The molecule has 3 rings (SSSR count). The van der Waals surface area contributed by atoms with Crippen LogP contribution < -0.4 is 10.2 Å². The molecule has 1 atom stereocenters. The number of anilines is 2. The van der Waals surface area contributed by atoms with Crippen molar-refractivity contribution in [3.63, 3.8) is 0 Å². The molecule has 22 heavy (non-hydrogen) atoms. The van der Waals surface area contributed by atoms with Crippen molar-refractivity contribution in [2.24, 2.45) is 0 Å². The minimum absolute atomic E-state index is 0.0825. The molecule has 1 aromatic rings. The molecule has 2 aliphatic rings. The van der Waals surface area contributed by atoms with Crippen LogP contribution in [0.25, 0.3) is 0 Å². The zero-order chi connectivity index (χ0) is 15.2. The van der Waals surface area contributed by atoms with Crippen molar-refractivity contribution in [1.29, 1.82) is 0 Å². The van der Waals surface area contributed by atoms with E-state index in [4.69, 9.17) is 9.84 Å². The van der Waals surface area contributed by atoms with Gasteiger partial charge in [0.2, 0.25) is 5.95 Å². The van der Waals surface area contributed by atoms with Crippen molar-refractivity contribution in [3.8, 4) is 0 Å². The van der Waals surface area contributed by atoms with Crippen LogP contribution in [0.15, 0.2) is 6.07 Å². The molecule has 2 fully saturated rings. The lowest BCUT2D eigenvalue weighted by atomic mass is 10.0. The Morgan fingerprint density at radius 3 is 2.73 bits per heavy atom. The van der Waals surface area contributed by atoms with E-state index in [2.05, 4.69) is 26.3 Å². The second-order valence-electron chi connectivity index (χ2n) is 6.09. The minimum atomic E-state index is 0.0825. The summed E-state index contributed by atoms with van der Waals surface area (Å²) in [6, 6.07) is 2.13. The Morgan fingerprint density at radius 2 is 2.05 bits per heavy atom. The summed E-state index contributed by atoms with van der Waals surface area (Å²) in [5.41, 5.74) is 1.06. The van der Waals surface area contributed by atoms with Crippen LogP contribution in [-0.4, -0.2) is 54.5 Å². The average Bonchev–Trinajstić information content (AvgIpc) is 2.95. The molecular weight excluding hydrogens is 280 g/mol. The summed E-state index contributed by atoms with van der Waals surface area (Å²) >= 11 is 0. The third-order valence-corrected chi connectivity index (χ3v) is 4.41. The van der Waals surface area contributed by atoms with Gasteiger partial charge in [-0.15, -0.1) is 0 Å². The van der Waals surface area contributed by atoms with Gasteiger partial charge in [-0.25, -0.2) is 4.98 Å². The van der Waals surface area contributed by atoms with Gasteiger partial charge in [0.1, 0.15) is 5.82 Å². The van der Waals surface area contributed by atoms with E-state index in [0.29, 0.717) is 18.4 Å². The second-order valence-corrected chi connectivity index (χ2v) is 6.09. The van der Waals surface area contributed by atoms with E-state index in [1.807, 2.05) is 0 Å². The highest BCUT2D eigenvalue weighted by Crippen LogP contribution is 2.28. The molecule has 122 valence electrons. The van der Waals surface area contributed by atoms with Gasteiger partial charge in [-0.1, -0.05) is 12.8 Å². The van der Waals surface area contributed by atoms with E-state index in [1.165, 1.54) is 25.7 Å². The molecule has 0 aliphatic carbocycles. The van der Waals surface area contributed by atoms with Gasteiger partial charge in [0.15, 0.2) is 0 Å². The smallest absolute Gasteiger partial charge is 0.224 e. The van der Waals surface area contributed by atoms with E-state index in [0.717, 1.165) is 44.2 Å². The van der Waals surface area contributed by atoms with Crippen molar-refractivity contribution in [2.45, 2.75) is 38.0 Å². The molecule has 0 saturated carbocycles. The van der Waals surface area contributed by atoms with Crippen LogP contribution in [0.3, 0.4) is 0 Å². The monoisotopic (exact) mass is 306 g/mol. The first-order valence-corrected chi connectivity index (χ1v) is 8.43. The summed E-state index contributed by atoms with van der Waals surface area (Å²) in [4.78, 5) is 11.7. The van der Waals surface area contributed by atoms with Crippen LogP contribution in [0.1, 0.15) is 43.7 Å². The lowest BCUT2D eigenvalue weighted by Gasteiger charge is -2.23. The first-order valence-electron chi connectivity index (χ1n) is 8.43. The highest BCUT2D eigenvalue weighted by molar-refractivity contribution is 5.46. The Labute approximate surface area is 131 Å². The highest BCUT2D eigenvalue weighted by Gasteiger charge is 2.22. The van der Waals surface area contributed by atoms with Crippen molar-refractivity contribution in [2.75, 3.05) is 49.7 Å². The van der Waals surface area contributed by atoms with Gasteiger partial charge >= 0.3 is 0 Å². The number of ether oxygens (including phenoxy) is 1. The summed E-state index contributed by atoms with van der Waals surface area (Å²) < 4.78 is 5.50. The van der Waals surface area contributed by atoms with E-state index >= 15 is 0 Å². The van der Waals surface area contributed by atoms with Crippen molar-refractivity contribution >= 4 is 11.8 Å². The van der Waals surface area contributed by atoms with Crippen LogP contribution in [0.2, 0.25) is 0 Å². The van der Waals surface area contributed by atoms with Gasteiger partial charge in [0.25, 0.3) is 0 Å². The Kier molecular flexibility index (Phi) is 5.45. The zero-order valence-electron chi connectivity index (χ0n) is 13.1. The van der Waals surface area contributed by atoms with E-state index in [9.17, 15) is 0 Å². The molecule has 6 heteroatoms. The molecule has 6 nitrogen and oxygen atoms in total. The molecule has 2 aliphatic heterocycles. The summed E-state index contributed by atoms with van der Waals surface area (Å²) in [5, 5.41) is 12.1. The fourth-order valence-corrected chi connectivity index (χ4v) is 3.14. The Balaban J connectivity index is 1.84. The number of rotatable bonds is 5. The molecule has 0 radical (unpaired) electrons. The SMILES string of the molecule is OCCNc1nc(C2CCOC2)cc(N2CCCCCC2)n1. The summed E-state index contributed by atoms with van der Waals surface area (Å²) in [7, 11) is 0. The Hall–Kier alpha value is -1.40. The second kappa shape index (κ2) is 7.74. The van der Waals surface area contributed by atoms with E-state index < -0.39 is 0 Å². The maximum atomic E-state index is 9.02. The fraction of sp³-hybridized carbons (Fsp3) is 0.750. The maximum absolute atomic E-state index is 9.02. The lowest BCUT2D eigenvalue weighted by molar-refractivity contribution is 0.193. The third-order valence-electron chi connectivity index (χ3n) is 4.41. The molecule has 0 bridgehead atoms. The first kappa shape index (κ1) is 15.5. The molecule has 0 aromatic carbocycles. The van der Waals surface area contributed by atoms with Crippen LogP contribution in [0.5, 0.6) is 0 Å². The van der Waals surface area contributed by atoms with Crippen LogP contribution in [0.4, 0.5) is 11.8 Å². The van der Waals surface area contributed by atoms with E-state index in [-0.39, 0.29) is 6.61 Å². The normalized spacial score (nSPS) is 22.6. The number of nitrogens with zero attached hydrogens (tertiary/aromatic N) is 3. The number of aromatic nitrogens is 2. The van der Waals surface area contributed by atoms with Crippen molar-refractivity contribution < 1.29 is 9.84 Å². The molecule has 3 heterocycles. The van der Waals surface area contributed by atoms with Gasteiger partial charge in [-0.2, -0.15) is 4.98 Å². The van der Waals surface area contributed by atoms with Gasteiger partial charge in [-0.3, -0.25) is 0 Å². The zero-order valence-corrected chi connectivity index (χ0v) is 13.1. The topological polar surface area (TPSA) is 70.5 Å². The predicted molar refractivity (Wildman–Crippen MR) is 86.5 cm³/mol. The largest absolute Gasteiger partial charge is 0.395 e. The van der Waals surface area contributed by atoms with Crippen molar-refractivity contribution in [1.82, 2.24) is 9.97 Å². The molecule has 2 N–H and O–H groups in total. The summed E-state index contributed by atoms with van der Waals surface area (Å²) in [6.45, 7) is 4.25. The molecule has 1 aromatic heterocycles. The number of aliphatic hydroxyl groups is 1. The number of hydrogen-bond acceptors (Lipinski definition) is 6. The Morgan fingerprint density at radius 1 is 1.23 bits per heavy atom. The molecule has 0 amide bonds. The quantitative estimate of drug-likeness (QED) is 0.864. The van der Waals surface area contributed by atoms with Crippen LogP contribution in [0, 0.1) is 0 Å².